The highest BCUT2D eigenvalue weighted by Gasteiger charge is 2.39. The summed E-state index contributed by atoms with van der Waals surface area (Å²) in [4.78, 5) is 14.4. The van der Waals surface area contributed by atoms with Crippen LogP contribution in [0.1, 0.15) is 57.9 Å². The number of benzene rings is 1. The van der Waals surface area contributed by atoms with Gasteiger partial charge in [0.25, 0.3) is 0 Å². The highest BCUT2D eigenvalue weighted by molar-refractivity contribution is 7.89. The lowest BCUT2D eigenvalue weighted by atomic mass is 10.0. The maximum atomic E-state index is 13.6. The molecule has 1 heterocycles. The average Bonchev–Trinajstić information content (AvgIpc) is 3.53. The Bertz CT molecular complexity index is 1070. The van der Waals surface area contributed by atoms with Crippen LogP contribution in [0.4, 0.5) is 0 Å². The molecule has 0 saturated heterocycles. The zero-order chi connectivity index (χ0) is 24.5. The lowest BCUT2D eigenvalue weighted by Gasteiger charge is -2.37. The summed E-state index contributed by atoms with van der Waals surface area (Å²) in [7, 11) is -2.10. The Balaban J connectivity index is 1.69. The second kappa shape index (κ2) is 10.3. The minimum atomic E-state index is -3.89. The van der Waals surface area contributed by atoms with Gasteiger partial charge in [0, 0.05) is 43.0 Å². The quantitative estimate of drug-likeness (QED) is 0.644. The molecule has 3 atom stereocenters. The third-order valence-corrected chi connectivity index (χ3v) is 9.22. The third kappa shape index (κ3) is 5.42. The topological polar surface area (TPSA) is 87.2 Å². The molecule has 0 bridgehead atoms. The lowest BCUT2D eigenvalue weighted by Crippen LogP contribution is -2.50. The molecule has 186 valence electrons. The number of amides is 1. The zero-order valence-electron chi connectivity index (χ0n) is 20.4. The number of ether oxygens (including phenoxy) is 1. The highest BCUT2D eigenvalue weighted by atomic mass is 32.2. The molecule has 0 radical (unpaired) electrons. The Morgan fingerprint density at radius 3 is 2.62 bits per heavy atom. The summed E-state index contributed by atoms with van der Waals surface area (Å²) in [5, 5.41) is 9.78. The molecule has 2 saturated carbocycles. The van der Waals surface area contributed by atoms with Crippen LogP contribution in [0.3, 0.4) is 0 Å². The van der Waals surface area contributed by atoms with E-state index in [9.17, 15) is 18.3 Å². The molecule has 2 fully saturated rings. The summed E-state index contributed by atoms with van der Waals surface area (Å²) < 4.78 is 34.9. The number of fused-ring (bicyclic) bond motifs is 1. The number of aliphatic hydroxyl groups excluding tert-OH is 1. The predicted octanol–water partition coefficient (Wildman–Crippen LogP) is 2.87. The van der Waals surface area contributed by atoms with Crippen LogP contribution < -0.4 is 4.74 Å². The van der Waals surface area contributed by atoms with E-state index in [0.717, 1.165) is 31.2 Å². The number of nitrogens with zero attached hydrogens (tertiary/aromatic N) is 2. The monoisotopic (exact) mass is 488 g/mol. The molecule has 8 heteroatoms. The smallest absolute Gasteiger partial charge is 0.247 e. The molecule has 1 aromatic rings. The van der Waals surface area contributed by atoms with Crippen molar-refractivity contribution >= 4 is 15.9 Å². The summed E-state index contributed by atoms with van der Waals surface area (Å²) in [5.74, 6) is 7.21. The predicted molar refractivity (Wildman–Crippen MR) is 130 cm³/mol. The van der Waals surface area contributed by atoms with Gasteiger partial charge in [0.2, 0.25) is 15.9 Å². The van der Waals surface area contributed by atoms with Crippen LogP contribution in [-0.4, -0.2) is 67.5 Å². The van der Waals surface area contributed by atoms with Crippen molar-refractivity contribution in [2.45, 2.75) is 69.4 Å². The molecule has 7 nitrogen and oxygen atoms in total. The summed E-state index contributed by atoms with van der Waals surface area (Å²) in [6.07, 6.45) is 6.09. The van der Waals surface area contributed by atoms with E-state index in [2.05, 4.69) is 11.8 Å². The Morgan fingerprint density at radius 1 is 1.26 bits per heavy atom. The van der Waals surface area contributed by atoms with Gasteiger partial charge in [-0.3, -0.25) is 4.79 Å². The van der Waals surface area contributed by atoms with Gasteiger partial charge in [-0.1, -0.05) is 31.6 Å². The van der Waals surface area contributed by atoms with Crippen LogP contribution in [0.25, 0.3) is 0 Å². The van der Waals surface area contributed by atoms with E-state index in [-0.39, 0.29) is 41.5 Å². The molecular formula is C26H36N2O5S. The lowest BCUT2D eigenvalue weighted by molar-refractivity contribution is -0.132. The van der Waals surface area contributed by atoms with Gasteiger partial charge in [-0.25, -0.2) is 8.42 Å². The van der Waals surface area contributed by atoms with Crippen molar-refractivity contribution in [3.05, 3.63) is 23.8 Å². The van der Waals surface area contributed by atoms with Gasteiger partial charge in [0.1, 0.15) is 16.7 Å². The van der Waals surface area contributed by atoms with E-state index in [1.165, 1.54) is 17.1 Å². The number of carbonyl (C=O) groups excluding carboxylic acids is 1. The largest absolute Gasteiger partial charge is 0.487 e. The van der Waals surface area contributed by atoms with Gasteiger partial charge < -0.3 is 14.7 Å². The zero-order valence-corrected chi connectivity index (χ0v) is 21.2. The van der Waals surface area contributed by atoms with Crippen LogP contribution in [0.2, 0.25) is 0 Å². The first kappa shape index (κ1) is 25.0. The number of hydrogen-bond donors (Lipinski definition) is 1. The van der Waals surface area contributed by atoms with Crippen molar-refractivity contribution in [1.82, 2.24) is 9.21 Å². The molecule has 1 amide bonds. The van der Waals surface area contributed by atoms with Gasteiger partial charge in [-0.15, -0.1) is 0 Å². The van der Waals surface area contributed by atoms with Gasteiger partial charge >= 0.3 is 0 Å². The first-order chi connectivity index (χ1) is 16.2. The third-order valence-electron chi connectivity index (χ3n) is 7.20. The second-order valence-corrected chi connectivity index (χ2v) is 12.0. The van der Waals surface area contributed by atoms with Crippen LogP contribution in [0.5, 0.6) is 5.75 Å². The fourth-order valence-electron chi connectivity index (χ4n) is 4.78. The van der Waals surface area contributed by atoms with E-state index in [0.29, 0.717) is 12.5 Å². The van der Waals surface area contributed by atoms with Crippen LogP contribution in [0.15, 0.2) is 23.1 Å². The second-order valence-electron chi connectivity index (χ2n) is 10.1. The number of sulfonamides is 1. The van der Waals surface area contributed by atoms with Gasteiger partial charge in [-0.05, 0) is 50.8 Å². The number of aliphatic hydroxyl groups is 1. The summed E-state index contributed by atoms with van der Waals surface area (Å²) >= 11 is 0. The van der Waals surface area contributed by atoms with Crippen molar-refractivity contribution in [2.24, 2.45) is 17.8 Å². The average molecular weight is 489 g/mol. The van der Waals surface area contributed by atoms with Gasteiger partial charge in [0.05, 0.1) is 13.2 Å². The molecular weight excluding hydrogens is 452 g/mol. The molecule has 1 aromatic carbocycles. The summed E-state index contributed by atoms with van der Waals surface area (Å²) in [6.45, 7) is 3.92. The van der Waals surface area contributed by atoms with E-state index >= 15 is 0 Å². The van der Waals surface area contributed by atoms with E-state index in [4.69, 9.17) is 4.74 Å². The van der Waals surface area contributed by atoms with E-state index in [1.807, 2.05) is 6.92 Å². The van der Waals surface area contributed by atoms with Gasteiger partial charge in [0.15, 0.2) is 0 Å². The first-order valence-electron chi connectivity index (χ1n) is 12.4. The van der Waals surface area contributed by atoms with E-state index < -0.39 is 22.2 Å². The number of hydrogen-bond acceptors (Lipinski definition) is 5. The van der Waals surface area contributed by atoms with Gasteiger partial charge in [-0.2, -0.15) is 4.31 Å². The maximum absolute atomic E-state index is 13.6. The Kier molecular flexibility index (Phi) is 7.56. The molecule has 3 aliphatic rings. The van der Waals surface area contributed by atoms with Crippen LogP contribution >= 0.6 is 0 Å². The molecule has 1 aliphatic heterocycles. The molecule has 0 aromatic heterocycles. The van der Waals surface area contributed by atoms with Crippen molar-refractivity contribution in [1.29, 1.82) is 0 Å². The standard InChI is InChI=1S/C26H36N2O5S/c1-18-15-28(19(2)17-29)34(31,32)25-13-10-21(9-8-20-6-4-5-7-20)14-23(25)33-24(18)16-27(3)26(30)22-11-12-22/h10,13-14,18-20,22,24,29H,4-7,11-12,15-17H2,1-3H3/t18-,19+,24+/m0/s1. The summed E-state index contributed by atoms with van der Waals surface area (Å²) in [6, 6.07) is 4.43. The maximum Gasteiger partial charge on any atom is 0.247 e. The Labute approximate surface area is 203 Å². The fourth-order valence-corrected chi connectivity index (χ4v) is 6.60. The first-order valence-corrected chi connectivity index (χ1v) is 13.8. The molecule has 2 aliphatic carbocycles. The number of rotatable bonds is 5. The van der Waals surface area contributed by atoms with E-state index in [1.54, 1.807) is 37.1 Å². The SMILES string of the molecule is C[C@H](CO)N1C[C@H](C)[C@@H](CN(C)C(=O)C2CC2)Oc2cc(C#CC3CCCC3)ccc2S1(=O)=O. The van der Waals surface area contributed by atoms with Crippen LogP contribution in [0, 0.1) is 29.6 Å². The molecule has 34 heavy (non-hydrogen) atoms. The minimum absolute atomic E-state index is 0.0762. The van der Waals surface area contributed by atoms with Crippen molar-refractivity contribution in [2.75, 3.05) is 26.7 Å². The Hall–Kier alpha value is -2.08. The molecule has 4 rings (SSSR count). The number of likely N-dealkylation sites (N-methyl/N-ethyl adjacent to an activating group) is 1. The minimum Gasteiger partial charge on any atom is -0.487 e. The molecule has 0 spiro atoms. The normalized spacial score (nSPS) is 25.8. The van der Waals surface area contributed by atoms with Crippen molar-refractivity contribution < 1.29 is 23.1 Å². The van der Waals surface area contributed by atoms with Crippen molar-refractivity contribution in [3.63, 3.8) is 0 Å². The van der Waals surface area contributed by atoms with Crippen LogP contribution in [-0.2, 0) is 14.8 Å². The number of carbonyl (C=O) groups is 1. The van der Waals surface area contributed by atoms with Crippen molar-refractivity contribution in [3.8, 4) is 17.6 Å². The Morgan fingerprint density at radius 2 is 1.97 bits per heavy atom. The fraction of sp³-hybridized carbons (Fsp3) is 0.654. The molecule has 1 N–H and O–H groups in total. The highest BCUT2D eigenvalue weighted by Crippen LogP contribution is 2.35. The summed E-state index contributed by atoms with van der Waals surface area (Å²) in [5.41, 5.74) is 0.719. The molecule has 0 unspecified atom stereocenters.